The minimum Gasteiger partial charge on any atom is -0.508 e. The summed E-state index contributed by atoms with van der Waals surface area (Å²) < 4.78 is 13.2. The summed E-state index contributed by atoms with van der Waals surface area (Å²) in [4.78, 5) is 0. The highest BCUT2D eigenvalue weighted by Crippen LogP contribution is 2.24. The Morgan fingerprint density at radius 1 is 1.20 bits per heavy atom. The molecule has 3 N–H and O–H groups in total. The Hall–Kier alpha value is -2.05. The molecule has 0 aliphatic carbocycles. The van der Waals surface area contributed by atoms with E-state index in [1.165, 1.54) is 12.1 Å². The number of fused-ring (bicyclic) bond motifs is 1. The average molecular weight is 204 g/mol. The Morgan fingerprint density at radius 2 is 1.93 bits per heavy atom. The van der Waals surface area contributed by atoms with Gasteiger partial charge in [0.1, 0.15) is 11.6 Å². The van der Waals surface area contributed by atoms with E-state index in [2.05, 4.69) is 5.92 Å². The monoisotopic (exact) mass is 204 g/mol. The van der Waals surface area contributed by atoms with E-state index >= 15 is 0 Å². The molecule has 0 unspecified atom stereocenters. The van der Waals surface area contributed by atoms with E-state index < -0.39 is 5.82 Å². The van der Waals surface area contributed by atoms with Gasteiger partial charge in [0.15, 0.2) is 0 Å². The molecule has 0 amide bonds. The summed E-state index contributed by atoms with van der Waals surface area (Å²) in [5.41, 5.74) is 0.238. The number of rotatable bonds is 0. The minimum atomic E-state index is -0.411. The maximum Gasteiger partial charge on any atom is 0.139 e. The van der Waals surface area contributed by atoms with Crippen LogP contribution in [0.25, 0.3) is 10.8 Å². The number of hydrogen-bond acceptors (Lipinski definition) is 1. The van der Waals surface area contributed by atoms with Gasteiger partial charge in [-0.3, -0.25) is 0 Å². The van der Waals surface area contributed by atoms with Gasteiger partial charge in [0.05, 0.1) is 5.56 Å². The fourth-order valence-corrected chi connectivity index (χ4v) is 1.44. The highest BCUT2D eigenvalue weighted by Gasteiger charge is 2.04. The molecular formula is C12H9FO2. The highest BCUT2D eigenvalue weighted by atomic mass is 19.1. The molecule has 0 aliphatic rings. The van der Waals surface area contributed by atoms with Crippen molar-refractivity contribution in [3.8, 4) is 18.1 Å². The van der Waals surface area contributed by atoms with Gasteiger partial charge in [-0.1, -0.05) is 12.0 Å². The van der Waals surface area contributed by atoms with Gasteiger partial charge in [-0.2, -0.15) is 0 Å². The summed E-state index contributed by atoms with van der Waals surface area (Å²) in [5, 5.41) is 10.6. The van der Waals surface area contributed by atoms with Crippen LogP contribution in [0, 0.1) is 18.2 Å². The number of phenolic OH excluding ortho intramolecular Hbond substituents is 1. The average Bonchev–Trinajstić information content (AvgIpc) is 2.18. The van der Waals surface area contributed by atoms with Crippen LogP contribution in [-0.2, 0) is 0 Å². The Morgan fingerprint density at radius 3 is 2.60 bits per heavy atom. The summed E-state index contributed by atoms with van der Waals surface area (Å²) in [6.45, 7) is 0. The molecule has 76 valence electrons. The Balaban J connectivity index is 0.00000112. The molecule has 15 heavy (non-hydrogen) atoms. The maximum atomic E-state index is 13.2. The van der Waals surface area contributed by atoms with Crippen molar-refractivity contribution < 1.29 is 15.0 Å². The molecular weight excluding hydrogens is 195 g/mol. The van der Waals surface area contributed by atoms with Crippen molar-refractivity contribution >= 4 is 10.8 Å². The Labute approximate surface area is 86.3 Å². The molecule has 0 saturated heterocycles. The molecule has 0 aromatic heterocycles. The van der Waals surface area contributed by atoms with Crippen LogP contribution >= 0.6 is 0 Å². The van der Waals surface area contributed by atoms with Crippen molar-refractivity contribution in [3.05, 3.63) is 41.7 Å². The third kappa shape index (κ3) is 1.76. The second-order valence-corrected chi connectivity index (χ2v) is 2.97. The summed E-state index contributed by atoms with van der Waals surface area (Å²) >= 11 is 0. The van der Waals surface area contributed by atoms with Gasteiger partial charge in [0, 0.05) is 5.39 Å². The molecule has 2 aromatic rings. The van der Waals surface area contributed by atoms with Crippen molar-refractivity contribution in [2.24, 2.45) is 0 Å². The van der Waals surface area contributed by atoms with E-state index in [4.69, 9.17) is 6.42 Å². The third-order valence-corrected chi connectivity index (χ3v) is 2.10. The number of phenols is 1. The van der Waals surface area contributed by atoms with Crippen molar-refractivity contribution in [1.82, 2.24) is 0 Å². The van der Waals surface area contributed by atoms with Crippen molar-refractivity contribution in [2.75, 3.05) is 0 Å². The van der Waals surface area contributed by atoms with Crippen LogP contribution < -0.4 is 0 Å². The van der Waals surface area contributed by atoms with Crippen LogP contribution in [0.3, 0.4) is 0 Å². The first-order valence-electron chi connectivity index (χ1n) is 4.10. The van der Waals surface area contributed by atoms with Crippen LogP contribution in [0.4, 0.5) is 4.39 Å². The first-order chi connectivity index (χ1) is 6.72. The molecule has 0 radical (unpaired) electrons. The quantitative estimate of drug-likeness (QED) is 0.654. The van der Waals surface area contributed by atoms with E-state index in [9.17, 15) is 9.50 Å². The van der Waals surface area contributed by atoms with Gasteiger partial charge in [-0.15, -0.1) is 6.42 Å². The van der Waals surface area contributed by atoms with E-state index in [0.29, 0.717) is 5.39 Å². The van der Waals surface area contributed by atoms with Crippen LogP contribution in [-0.4, -0.2) is 10.6 Å². The molecule has 3 heteroatoms. The number of halogens is 1. The van der Waals surface area contributed by atoms with Gasteiger partial charge in [0.25, 0.3) is 0 Å². The van der Waals surface area contributed by atoms with Crippen molar-refractivity contribution in [1.29, 1.82) is 0 Å². The molecule has 0 heterocycles. The molecule has 2 rings (SSSR count). The van der Waals surface area contributed by atoms with Crippen LogP contribution in [0.5, 0.6) is 5.75 Å². The third-order valence-electron chi connectivity index (χ3n) is 2.10. The molecule has 0 aliphatic heterocycles. The fourth-order valence-electron chi connectivity index (χ4n) is 1.44. The van der Waals surface area contributed by atoms with E-state index in [-0.39, 0.29) is 16.8 Å². The number of aromatic hydroxyl groups is 1. The van der Waals surface area contributed by atoms with Crippen molar-refractivity contribution in [2.45, 2.75) is 0 Å². The zero-order valence-corrected chi connectivity index (χ0v) is 7.79. The van der Waals surface area contributed by atoms with Crippen LogP contribution in [0.2, 0.25) is 0 Å². The first kappa shape index (κ1) is 11.0. The normalized spacial score (nSPS) is 9.33. The van der Waals surface area contributed by atoms with Gasteiger partial charge < -0.3 is 10.6 Å². The molecule has 0 bridgehead atoms. The van der Waals surface area contributed by atoms with Crippen LogP contribution in [0.15, 0.2) is 30.3 Å². The second kappa shape index (κ2) is 3.99. The smallest absolute Gasteiger partial charge is 0.139 e. The molecule has 0 spiro atoms. The standard InChI is InChI=1S/C12H7FO.H2O/c1-2-10-11-5-4-9(14)7-8(11)3-6-12(10)13;/h1,3-7,14H;1H2. The topological polar surface area (TPSA) is 51.7 Å². The van der Waals surface area contributed by atoms with Crippen LogP contribution in [0.1, 0.15) is 5.56 Å². The summed E-state index contributed by atoms with van der Waals surface area (Å²) in [7, 11) is 0. The maximum absolute atomic E-state index is 13.2. The zero-order chi connectivity index (χ0) is 10.1. The Bertz CT molecular complexity index is 541. The van der Waals surface area contributed by atoms with E-state index in [1.54, 1.807) is 18.2 Å². The molecule has 0 atom stereocenters. The fraction of sp³-hybridized carbons (Fsp3) is 0. The predicted octanol–water partition coefficient (Wildman–Crippen LogP) is 1.84. The highest BCUT2D eigenvalue weighted by molar-refractivity contribution is 5.89. The van der Waals surface area contributed by atoms with Crippen molar-refractivity contribution in [3.63, 3.8) is 0 Å². The largest absolute Gasteiger partial charge is 0.508 e. The SMILES string of the molecule is C#Cc1c(F)ccc2cc(O)ccc12.O. The van der Waals surface area contributed by atoms with E-state index in [0.717, 1.165) is 5.39 Å². The van der Waals surface area contributed by atoms with Gasteiger partial charge in [-0.25, -0.2) is 4.39 Å². The zero-order valence-electron chi connectivity index (χ0n) is 7.79. The molecule has 0 saturated carbocycles. The summed E-state index contributed by atoms with van der Waals surface area (Å²) in [6, 6.07) is 7.54. The van der Waals surface area contributed by atoms with Gasteiger partial charge in [0.2, 0.25) is 0 Å². The molecule has 2 aromatic carbocycles. The lowest BCUT2D eigenvalue weighted by Crippen LogP contribution is -1.85. The van der Waals surface area contributed by atoms with E-state index in [1.807, 2.05) is 0 Å². The molecule has 0 fully saturated rings. The molecule has 2 nitrogen and oxygen atoms in total. The summed E-state index contributed by atoms with van der Waals surface area (Å²) in [5.74, 6) is 2.04. The lowest BCUT2D eigenvalue weighted by molar-refractivity contribution is 0.476. The first-order valence-corrected chi connectivity index (χ1v) is 4.10. The number of terminal acetylenes is 1. The second-order valence-electron chi connectivity index (χ2n) is 2.97. The minimum absolute atomic E-state index is 0. The summed E-state index contributed by atoms with van der Waals surface area (Å²) in [6.07, 6.45) is 5.20. The van der Waals surface area contributed by atoms with Gasteiger partial charge in [-0.05, 0) is 29.7 Å². The van der Waals surface area contributed by atoms with Gasteiger partial charge >= 0.3 is 0 Å². The number of hydrogen-bond donors (Lipinski definition) is 1. The Kier molecular flexibility index (Phi) is 2.93. The lowest BCUT2D eigenvalue weighted by atomic mass is 10.0. The predicted molar refractivity (Wildman–Crippen MR) is 57.1 cm³/mol. The number of benzene rings is 2. The lowest BCUT2D eigenvalue weighted by Gasteiger charge is -2.02.